The van der Waals surface area contributed by atoms with Gasteiger partial charge in [-0.05, 0) is 61.9 Å². The highest BCUT2D eigenvalue weighted by Crippen LogP contribution is 2.24. The Morgan fingerprint density at radius 2 is 1.91 bits per heavy atom. The fourth-order valence-corrected chi connectivity index (χ4v) is 3.11. The van der Waals surface area contributed by atoms with Crippen LogP contribution in [0.5, 0.6) is 0 Å². The summed E-state index contributed by atoms with van der Waals surface area (Å²) in [7, 11) is 0. The summed E-state index contributed by atoms with van der Waals surface area (Å²) in [5.41, 5.74) is 0.762. The van der Waals surface area contributed by atoms with E-state index in [0.717, 1.165) is 25.7 Å². The van der Waals surface area contributed by atoms with E-state index in [1.807, 2.05) is 12.1 Å². The SMILES string of the molecule is O=C(NC1CCC(CO)CC1)c1ccc(-n2cccc2)c(F)c1. The molecule has 1 fully saturated rings. The second-order valence-electron chi connectivity index (χ2n) is 6.13. The van der Waals surface area contributed by atoms with Crippen molar-refractivity contribution in [3.63, 3.8) is 0 Å². The number of amides is 1. The number of carbonyl (C=O) groups is 1. The number of halogens is 1. The first-order valence-electron chi connectivity index (χ1n) is 8.02. The molecule has 0 atom stereocenters. The summed E-state index contributed by atoms with van der Waals surface area (Å²) in [6.07, 6.45) is 7.09. The van der Waals surface area contributed by atoms with Gasteiger partial charge in [-0.3, -0.25) is 4.79 Å². The number of aliphatic hydroxyl groups is 1. The highest BCUT2D eigenvalue weighted by atomic mass is 19.1. The third kappa shape index (κ3) is 3.62. The molecular formula is C18H21FN2O2. The summed E-state index contributed by atoms with van der Waals surface area (Å²) in [5, 5.41) is 12.1. The standard InChI is InChI=1S/C18H21FN2O2/c19-16-11-14(5-8-17(16)21-9-1-2-10-21)18(23)20-15-6-3-13(12-22)4-7-15/h1-2,5,8-11,13,15,22H,3-4,6-7,12H2,(H,20,23). The molecular weight excluding hydrogens is 295 g/mol. The van der Waals surface area contributed by atoms with Gasteiger partial charge in [0.25, 0.3) is 5.91 Å². The maximum Gasteiger partial charge on any atom is 0.251 e. The lowest BCUT2D eigenvalue weighted by Gasteiger charge is -2.28. The smallest absolute Gasteiger partial charge is 0.251 e. The number of nitrogens with zero attached hydrogens (tertiary/aromatic N) is 1. The molecule has 4 nitrogen and oxygen atoms in total. The van der Waals surface area contributed by atoms with Gasteiger partial charge in [0, 0.05) is 30.6 Å². The lowest BCUT2D eigenvalue weighted by molar-refractivity contribution is 0.0913. The van der Waals surface area contributed by atoms with Gasteiger partial charge in [0.2, 0.25) is 0 Å². The molecule has 1 aliphatic carbocycles. The molecule has 0 spiro atoms. The van der Waals surface area contributed by atoms with Crippen LogP contribution in [0.3, 0.4) is 0 Å². The number of aromatic nitrogens is 1. The largest absolute Gasteiger partial charge is 0.396 e. The Labute approximate surface area is 134 Å². The topological polar surface area (TPSA) is 54.3 Å². The molecule has 0 radical (unpaired) electrons. The van der Waals surface area contributed by atoms with Crippen LogP contribution in [0.4, 0.5) is 4.39 Å². The van der Waals surface area contributed by atoms with Crippen molar-refractivity contribution in [1.82, 2.24) is 9.88 Å². The zero-order valence-corrected chi connectivity index (χ0v) is 12.9. The van der Waals surface area contributed by atoms with E-state index in [-0.39, 0.29) is 18.6 Å². The average Bonchev–Trinajstić information content (AvgIpc) is 3.09. The van der Waals surface area contributed by atoms with Crippen LogP contribution in [0.25, 0.3) is 5.69 Å². The van der Waals surface area contributed by atoms with Crippen molar-refractivity contribution < 1.29 is 14.3 Å². The second kappa shape index (κ2) is 6.96. The van der Waals surface area contributed by atoms with Crippen LogP contribution in [-0.4, -0.2) is 28.2 Å². The summed E-state index contributed by atoms with van der Waals surface area (Å²) < 4.78 is 15.9. The van der Waals surface area contributed by atoms with Crippen molar-refractivity contribution in [3.05, 3.63) is 54.1 Å². The minimum Gasteiger partial charge on any atom is -0.396 e. The minimum atomic E-state index is -0.419. The number of benzene rings is 1. The predicted octanol–water partition coefficient (Wildman–Crippen LogP) is 2.90. The van der Waals surface area contributed by atoms with Gasteiger partial charge in [-0.2, -0.15) is 0 Å². The van der Waals surface area contributed by atoms with Crippen molar-refractivity contribution in [3.8, 4) is 5.69 Å². The first-order valence-corrected chi connectivity index (χ1v) is 8.02. The van der Waals surface area contributed by atoms with E-state index in [4.69, 9.17) is 5.11 Å². The number of rotatable bonds is 4. The zero-order valence-electron chi connectivity index (χ0n) is 12.9. The van der Waals surface area contributed by atoms with Crippen molar-refractivity contribution in [2.24, 2.45) is 5.92 Å². The Bertz CT molecular complexity index is 662. The van der Waals surface area contributed by atoms with Gasteiger partial charge >= 0.3 is 0 Å². The van der Waals surface area contributed by atoms with Crippen LogP contribution < -0.4 is 5.32 Å². The van der Waals surface area contributed by atoms with Gasteiger partial charge in [-0.15, -0.1) is 0 Å². The van der Waals surface area contributed by atoms with E-state index in [9.17, 15) is 9.18 Å². The average molecular weight is 316 g/mol. The van der Waals surface area contributed by atoms with Crippen molar-refractivity contribution >= 4 is 5.91 Å². The molecule has 1 saturated carbocycles. The van der Waals surface area contributed by atoms with Gasteiger partial charge in [0.1, 0.15) is 5.82 Å². The molecule has 1 aliphatic rings. The van der Waals surface area contributed by atoms with Crippen LogP contribution >= 0.6 is 0 Å². The fourth-order valence-electron chi connectivity index (χ4n) is 3.11. The van der Waals surface area contributed by atoms with Crippen LogP contribution in [0.2, 0.25) is 0 Å². The van der Waals surface area contributed by atoms with E-state index >= 15 is 0 Å². The molecule has 1 heterocycles. The first-order chi connectivity index (χ1) is 11.2. The Morgan fingerprint density at radius 3 is 2.52 bits per heavy atom. The van der Waals surface area contributed by atoms with Gasteiger partial charge < -0.3 is 15.0 Å². The van der Waals surface area contributed by atoms with Crippen molar-refractivity contribution in [2.75, 3.05) is 6.61 Å². The molecule has 1 amide bonds. The number of aliphatic hydroxyl groups excluding tert-OH is 1. The molecule has 0 unspecified atom stereocenters. The van der Waals surface area contributed by atoms with Gasteiger partial charge in [-0.1, -0.05) is 0 Å². The Kier molecular flexibility index (Phi) is 4.76. The molecule has 0 aliphatic heterocycles. The van der Waals surface area contributed by atoms with Crippen LogP contribution in [0, 0.1) is 11.7 Å². The first kappa shape index (κ1) is 15.7. The Hall–Kier alpha value is -2.14. The highest BCUT2D eigenvalue weighted by Gasteiger charge is 2.22. The monoisotopic (exact) mass is 316 g/mol. The normalized spacial score (nSPS) is 21.1. The maximum atomic E-state index is 14.2. The third-order valence-corrected chi connectivity index (χ3v) is 4.53. The molecule has 1 aromatic carbocycles. The maximum absolute atomic E-state index is 14.2. The molecule has 0 bridgehead atoms. The molecule has 5 heteroatoms. The molecule has 3 rings (SSSR count). The summed E-state index contributed by atoms with van der Waals surface area (Å²) >= 11 is 0. The molecule has 2 aromatic rings. The highest BCUT2D eigenvalue weighted by molar-refractivity contribution is 5.94. The third-order valence-electron chi connectivity index (χ3n) is 4.53. The molecule has 1 aromatic heterocycles. The van der Waals surface area contributed by atoms with Crippen molar-refractivity contribution in [2.45, 2.75) is 31.7 Å². The molecule has 23 heavy (non-hydrogen) atoms. The lowest BCUT2D eigenvalue weighted by atomic mass is 9.86. The van der Waals surface area contributed by atoms with E-state index in [1.165, 1.54) is 6.07 Å². The summed E-state index contributed by atoms with van der Waals surface area (Å²) in [4.78, 5) is 12.3. The minimum absolute atomic E-state index is 0.109. The van der Waals surface area contributed by atoms with Crippen LogP contribution in [-0.2, 0) is 0 Å². The molecule has 0 saturated heterocycles. The van der Waals surface area contributed by atoms with E-state index in [1.54, 1.807) is 29.1 Å². The Balaban J connectivity index is 1.65. The van der Waals surface area contributed by atoms with Crippen LogP contribution in [0.1, 0.15) is 36.0 Å². The van der Waals surface area contributed by atoms with Gasteiger partial charge in [0.05, 0.1) is 5.69 Å². The quantitative estimate of drug-likeness (QED) is 0.911. The van der Waals surface area contributed by atoms with Crippen molar-refractivity contribution in [1.29, 1.82) is 0 Å². The summed E-state index contributed by atoms with van der Waals surface area (Å²) in [5.74, 6) is -0.310. The van der Waals surface area contributed by atoms with Gasteiger partial charge in [0.15, 0.2) is 0 Å². The molecule has 122 valence electrons. The van der Waals surface area contributed by atoms with E-state index in [0.29, 0.717) is 17.2 Å². The van der Waals surface area contributed by atoms with Gasteiger partial charge in [-0.25, -0.2) is 4.39 Å². The Morgan fingerprint density at radius 1 is 1.22 bits per heavy atom. The van der Waals surface area contributed by atoms with Crippen LogP contribution in [0.15, 0.2) is 42.7 Å². The number of hydrogen-bond acceptors (Lipinski definition) is 2. The summed E-state index contributed by atoms with van der Waals surface area (Å²) in [6.45, 7) is 0.215. The number of nitrogens with one attached hydrogen (secondary N) is 1. The summed E-state index contributed by atoms with van der Waals surface area (Å²) in [6, 6.07) is 8.30. The second-order valence-corrected chi connectivity index (χ2v) is 6.13. The number of hydrogen-bond donors (Lipinski definition) is 2. The molecule has 2 N–H and O–H groups in total. The zero-order chi connectivity index (χ0) is 16.2. The lowest BCUT2D eigenvalue weighted by Crippen LogP contribution is -2.38. The number of carbonyl (C=O) groups excluding carboxylic acids is 1. The van der Waals surface area contributed by atoms with E-state index < -0.39 is 5.82 Å². The van der Waals surface area contributed by atoms with E-state index in [2.05, 4.69) is 5.32 Å². The fraction of sp³-hybridized carbons (Fsp3) is 0.389. The predicted molar refractivity (Wildman–Crippen MR) is 86.0 cm³/mol.